The second kappa shape index (κ2) is 8.47. The fraction of sp³-hybridized carbons (Fsp3) is 0.167. The molecule has 0 aliphatic rings. The van der Waals surface area contributed by atoms with E-state index < -0.39 is 5.97 Å². The van der Waals surface area contributed by atoms with E-state index in [1.54, 1.807) is 55.5 Å². The van der Waals surface area contributed by atoms with Gasteiger partial charge in [0, 0.05) is 12.0 Å². The average Bonchev–Trinajstić information content (AvgIpc) is 2.63. The van der Waals surface area contributed by atoms with Crippen LogP contribution in [0.5, 0.6) is 0 Å². The summed E-state index contributed by atoms with van der Waals surface area (Å²) < 4.78 is 5.21. The number of carbonyl (C=O) groups is 2. The second-order valence-electron chi connectivity index (χ2n) is 4.94. The van der Waals surface area contributed by atoms with E-state index in [-0.39, 0.29) is 23.8 Å². The molecule has 124 valence electrons. The first-order valence-corrected chi connectivity index (χ1v) is 7.48. The maximum Gasteiger partial charge on any atom is 0.340 e. The average molecular weight is 326 g/mol. The van der Waals surface area contributed by atoms with Crippen LogP contribution in [0, 0.1) is 0 Å². The van der Waals surface area contributed by atoms with Crippen LogP contribution in [0.3, 0.4) is 0 Å². The largest absolute Gasteiger partial charge is 0.455 e. The van der Waals surface area contributed by atoms with Crippen LogP contribution < -0.4 is 5.32 Å². The summed E-state index contributed by atoms with van der Waals surface area (Å²) in [4.78, 5) is 23.8. The van der Waals surface area contributed by atoms with E-state index in [9.17, 15) is 9.59 Å². The number of carbonyl (C=O) groups excluding carboxylic acids is 2. The Kier molecular flexibility index (Phi) is 6.08. The minimum Gasteiger partial charge on any atom is -0.455 e. The molecule has 0 fully saturated rings. The van der Waals surface area contributed by atoms with E-state index in [0.717, 1.165) is 0 Å². The van der Waals surface area contributed by atoms with Gasteiger partial charge in [-0.2, -0.15) is 0 Å². The molecule has 0 atom stereocenters. The van der Waals surface area contributed by atoms with Crippen molar-refractivity contribution in [2.24, 2.45) is 5.16 Å². The predicted octanol–water partition coefficient (Wildman–Crippen LogP) is 3.07. The van der Waals surface area contributed by atoms with Crippen LogP contribution in [0.4, 0.5) is 5.69 Å². The molecule has 0 unspecified atom stereocenters. The number of esters is 1. The Labute approximate surface area is 139 Å². The number of anilines is 1. The molecule has 0 aromatic heterocycles. The van der Waals surface area contributed by atoms with Crippen molar-refractivity contribution in [2.75, 3.05) is 11.9 Å². The number of benzene rings is 2. The Morgan fingerprint density at radius 2 is 1.75 bits per heavy atom. The van der Waals surface area contributed by atoms with Gasteiger partial charge in [0.2, 0.25) is 5.91 Å². The summed E-state index contributed by atoms with van der Waals surface area (Å²) in [7, 11) is 0. The number of hydrogen-bond donors (Lipinski definition) is 2. The number of para-hydroxylation sites is 1. The fourth-order valence-corrected chi connectivity index (χ4v) is 2.02. The van der Waals surface area contributed by atoms with Crippen molar-refractivity contribution in [2.45, 2.75) is 13.3 Å². The number of ether oxygens (including phenoxy) is 1. The summed E-state index contributed by atoms with van der Waals surface area (Å²) in [6.45, 7) is 1.54. The molecule has 0 radical (unpaired) electrons. The first kappa shape index (κ1) is 17.2. The second-order valence-corrected chi connectivity index (χ2v) is 4.94. The molecular formula is C18H18N2O4. The van der Waals surface area contributed by atoms with Crippen molar-refractivity contribution >= 4 is 23.3 Å². The molecule has 24 heavy (non-hydrogen) atoms. The van der Waals surface area contributed by atoms with Crippen molar-refractivity contribution < 1.29 is 19.5 Å². The number of nitrogens with zero attached hydrogens (tertiary/aromatic N) is 1. The summed E-state index contributed by atoms with van der Waals surface area (Å²) in [6, 6.07) is 15.5. The molecule has 1 amide bonds. The third-order valence-corrected chi connectivity index (χ3v) is 3.31. The number of rotatable bonds is 6. The van der Waals surface area contributed by atoms with Crippen molar-refractivity contribution in [3.8, 4) is 0 Å². The molecule has 2 aromatic carbocycles. The summed E-state index contributed by atoms with van der Waals surface area (Å²) >= 11 is 0. The van der Waals surface area contributed by atoms with Gasteiger partial charge in [-0.05, 0) is 12.1 Å². The monoisotopic (exact) mass is 326 g/mol. The first-order chi connectivity index (χ1) is 11.7. The van der Waals surface area contributed by atoms with Crippen LogP contribution in [-0.2, 0) is 9.53 Å². The van der Waals surface area contributed by atoms with Gasteiger partial charge in [-0.1, -0.05) is 54.5 Å². The Balaban J connectivity index is 2.09. The molecule has 2 rings (SSSR count). The van der Waals surface area contributed by atoms with Gasteiger partial charge >= 0.3 is 5.97 Å². The molecule has 0 saturated heterocycles. The van der Waals surface area contributed by atoms with Gasteiger partial charge in [-0.3, -0.25) is 4.79 Å². The molecular weight excluding hydrogens is 308 g/mol. The van der Waals surface area contributed by atoms with Gasteiger partial charge in [0.05, 0.1) is 11.3 Å². The highest BCUT2D eigenvalue weighted by atomic mass is 16.5. The third kappa shape index (κ3) is 4.42. The van der Waals surface area contributed by atoms with E-state index in [2.05, 4.69) is 10.5 Å². The lowest BCUT2D eigenvalue weighted by Crippen LogP contribution is -2.18. The summed E-state index contributed by atoms with van der Waals surface area (Å²) in [5.74, 6) is -0.809. The van der Waals surface area contributed by atoms with E-state index in [1.807, 2.05) is 6.07 Å². The van der Waals surface area contributed by atoms with Crippen molar-refractivity contribution in [3.63, 3.8) is 0 Å². The number of amides is 1. The number of oxime groups is 1. The van der Waals surface area contributed by atoms with E-state index in [1.165, 1.54) is 0 Å². The van der Waals surface area contributed by atoms with Crippen LogP contribution in [0.1, 0.15) is 29.3 Å². The first-order valence-electron chi connectivity index (χ1n) is 7.48. The molecule has 0 aliphatic heterocycles. The lowest BCUT2D eigenvalue weighted by molar-refractivity contribution is -0.115. The Morgan fingerprint density at radius 1 is 1.08 bits per heavy atom. The van der Waals surface area contributed by atoms with Gasteiger partial charge in [0.1, 0.15) is 12.3 Å². The number of hydrogen-bond acceptors (Lipinski definition) is 5. The highest BCUT2D eigenvalue weighted by Crippen LogP contribution is 2.17. The highest BCUT2D eigenvalue weighted by Gasteiger charge is 2.15. The standard InChI is InChI=1S/C18H18N2O4/c1-2-17(21)19-15-11-7-6-10-14(15)18(22)24-12-16(20-23)13-8-4-3-5-9-13/h3-11,23H,2,12H2,1H3,(H,19,21)/b20-16-. The van der Waals surface area contributed by atoms with Gasteiger partial charge < -0.3 is 15.3 Å². The zero-order valence-corrected chi connectivity index (χ0v) is 13.2. The van der Waals surface area contributed by atoms with Crippen molar-refractivity contribution in [1.29, 1.82) is 0 Å². The van der Waals surface area contributed by atoms with Crippen LogP contribution in [0.2, 0.25) is 0 Å². The molecule has 6 heteroatoms. The fourth-order valence-electron chi connectivity index (χ4n) is 2.02. The third-order valence-electron chi connectivity index (χ3n) is 3.31. The molecule has 0 saturated carbocycles. The highest BCUT2D eigenvalue weighted by molar-refractivity contribution is 6.04. The summed E-state index contributed by atoms with van der Waals surface area (Å²) in [6.07, 6.45) is 0.304. The number of nitrogens with one attached hydrogen (secondary N) is 1. The Morgan fingerprint density at radius 3 is 2.42 bits per heavy atom. The van der Waals surface area contributed by atoms with Gasteiger partial charge in [-0.25, -0.2) is 4.79 Å². The van der Waals surface area contributed by atoms with Crippen LogP contribution in [0.25, 0.3) is 0 Å². The summed E-state index contributed by atoms with van der Waals surface area (Å²) in [5.41, 5.74) is 1.51. The molecule has 2 N–H and O–H groups in total. The minimum absolute atomic E-state index is 0.185. The van der Waals surface area contributed by atoms with Crippen molar-refractivity contribution in [1.82, 2.24) is 0 Å². The lowest BCUT2D eigenvalue weighted by Gasteiger charge is -2.11. The molecule has 0 heterocycles. The van der Waals surface area contributed by atoms with Gasteiger partial charge in [0.25, 0.3) is 0 Å². The van der Waals surface area contributed by atoms with Crippen LogP contribution in [0.15, 0.2) is 59.8 Å². The van der Waals surface area contributed by atoms with E-state index in [4.69, 9.17) is 9.94 Å². The van der Waals surface area contributed by atoms with Crippen LogP contribution >= 0.6 is 0 Å². The summed E-state index contributed by atoms with van der Waals surface area (Å²) in [5, 5.41) is 14.9. The Bertz CT molecular complexity index is 742. The smallest absolute Gasteiger partial charge is 0.340 e. The minimum atomic E-state index is -0.612. The van der Waals surface area contributed by atoms with Crippen LogP contribution in [-0.4, -0.2) is 29.4 Å². The SMILES string of the molecule is CCC(=O)Nc1ccccc1C(=O)OC/C(=N/O)c1ccccc1. The molecule has 0 bridgehead atoms. The topological polar surface area (TPSA) is 88.0 Å². The van der Waals surface area contributed by atoms with E-state index >= 15 is 0 Å². The Hall–Kier alpha value is -3.15. The zero-order chi connectivity index (χ0) is 17.4. The molecule has 0 spiro atoms. The van der Waals surface area contributed by atoms with Gasteiger partial charge in [0.15, 0.2) is 0 Å². The predicted molar refractivity (Wildman–Crippen MR) is 90.4 cm³/mol. The van der Waals surface area contributed by atoms with Gasteiger partial charge in [-0.15, -0.1) is 0 Å². The zero-order valence-electron chi connectivity index (χ0n) is 13.2. The van der Waals surface area contributed by atoms with E-state index in [0.29, 0.717) is 17.7 Å². The molecule has 2 aromatic rings. The van der Waals surface area contributed by atoms with Crippen molar-refractivity contribution in [3.05, 3.63) is 65.7 Å². The quantitative estimate of drug-likeness (QED) is 0.369. The normalized spacial score (nSPS) is 11.0. The lowest BCUT2D eigenvalue weighted by atomic mass is 10.1. The molecule has 0 aliphatic carbocycles. The maximum absolute atomic E-state index is 12.3. The molecule has 6 nitrogen and oxygen atoms in total. The maximum atomic E-state index is 12.3.